The van der Waals surface area contributed by atoms with Crippen molar-refractivity contribution in [1.29, 1.82) is 0 Å². The molecule has 0 aromatic heterocycles. The van der Waals surface area contributed by atoms with Crippen molar-refractivity contribution in [3.05, 3.63) is 12.2 Å². The van der Waals surface area contributed by atoms with Crippen molar-refractivity contribution < 1.29 is 0 Å². The third-order valence-electron chi connectivity index (χ3n) is 2.59. The van der Waals surface area contributed by atoms with Gasteiger partial charge in [0.05, 0.1) is 0 Å². The fourth-order valence-electron chi connectivity index (χ4n) is 1.84. The molecule has 0 bridgehead atoms. The molecule has 0 N–H and O–H groups in total. The summed E-state index contributed by atoms with van der Waals surface area (Å²) in [5, 5.41) is 0. The first-order valence-electron chi connectivity index (χ1n) is 5.14. The molecule has 0 spiro atoms. The Morgan fingerprint density at radius 2 is 1.62 bits per heavy atom. The Labute approximate surface area is 88.2 Å². The van der Waals surface area contributed by atoms with Crippen molar-refractivity contribution in [1.82, 2.24) is 0 Å². The van der Waals surface area contributed by atoms with Crippen LogP contribution >= 0.6 is 11.8 Å². The fraction of sp³-hybridized carbons (Fsp3) is 0.833. The predicted octanol–water partition coefficient (Wildman–Crippen LogP) is 4.22. The Kier molecular flexibility index (Phi) is 6.58. The largest absolute Gasteiger partial charge is 0.161 e. The third-order valence-corrected chi connectivity index (χ3v) is 3.28. The fourth-order valence-corrected chi connectivity index (χ4v) is 2.36. The molecule has 78 valence electrons. The van der Waals surface area contributed by atoms with Crippen LogP contribution in [0.25, 0.3) is 0 Å². The highest BCUT2D eigenvalue weighted by Crippen LogP contribution is 2.27. The van der Waals surface area contributed by atoms with Crippen molar-refractivity contribution in [2.75, 3.05) is 12.0 Å². The number of hydrogen-bond acceptors (Lipinski definition) is 1. The third kappa shape index (κ3) is 5.41. The van der Waals surface area contributed by atoms with E-state index in [-0.39, 0.29) is 0 Å². The molecule has 13 heavy (non-hydrogen) atoms. The molecule has 0 aliphatic rings. The molecule has 0 nitrogen and oxygen atoms in total. The summed E-state index contributed by atoms with van der Waals surface area (Å²) >= 11 is 1.88. The maximum Gasteiger partial charge on any atom is 0.0137 e. The van der Waals surface area contributed by atoms with Crippen LogP contribution in [-0.4, -0.2) is 12.0 Å². The van der Waals surface area contributed by atoms with Gasteiger partial charge >= 0.3 is 0 Å². The van der Waals surface area contributed by atoms with Crippen LogP contribution in [0.4, 0.5) is 0 Å². The average Bonchev–Trinajstić information content (AvgIpc) is 1.99. The zero-order valence-electron chi connectivity index (χ0n) is 9.76. The highest BCUT2D eigenvalue weighted by atomic mass is 32.2. The molecule has 0 fully saturated rings. The van der Waals surface area contributed by atoms with Crippen molar-refractivity contribution in [3.8, 4) is 0 Å². The van der Waals surface area contributed by atoms with E-state index in [4.69, 9.17) is 0 Å². The minimum absolute atomic E-state index is 0.776. The Morgan fingerprint density at radius 1 is 1.15 bits per heavy atom. The molecule has 1 heteroatoms. The van der Waals surface area contributed by atoms with E-state index in [1.165, 1.54) is 12.0 Å². The van der Waals surface area contributed by atoms with Crippen LogP contribution in [0.1, 0.15) is 34.1 Å². The smallest absolute Gasteiger partial charge is 0.0137 e. The molecular formula is C12H24S. The molecule has 0 saturated heterocycles. The van der Waals surface area contributed by atoms with Gasteiger partial charge in [-0.05, 0) is 30.4 Å². The average molecular weight is 200 g/mol. The molecule has 0 amide bonds. The van der Waals surface area contributed by atoms with Gasteiger partial charge in [-0.25, -0.2) is 0 Å². The molecule has 0 rings (SSSR count). The van der Waals surface area contributed by atoms with Gasteiger partial charge in [0.2, 0.25) is 0 Å². The summed E-state index contributed by atoms with van der Waals surface area (Å²) in [5.41, 5.74) is 1.40. The van der Waals surface area contributed by atoms with E-state index in [0.29, 0.717) is 0 Å². The van der Waals surface area contributed by atoms with Gasteiger partial charge in [-0.15, -0.1) is 0 Å². The quantitative estimate of drug-likeness (QED) is 0.578. The summed E-state index contributed by atoms with van der Waals surface area (Å²) in [5.74, 6) is 3.48. The standard InChI is InChI=1S/C12H24S/c1-9(2)12(10(3)4)7-11(5)8-13-6/h9-10,12H,5,7-8H2,1-4,6H3. The van der Waals surface area contributed by atoms with Crippen molar-refractivity contribution >= 4 is 11.8 Å². The molecule has 0 aliphatic carbocycles. The van der Waals surface area contributed by atoms with Crippen LogP contribution in [-0.2, 0) is 0 Å². The Hall–Kier alpha value is 0.0900. The van der Waals surface area contributed by atoms with Gasteiger partial charge in [-0.3, -0.25) is 0 Å². The monoisotopic (exact) mass is 200 g/mol. The van der Waals surface area contributed by atoms with Crippen LogP contribution in [0.15, 0.2) is 12.2 Å². The number of thioether (sulfide) groups is 1. The normalized spacial score (nSPS) is 11.7. The van der Waals surface area contributed by atoms with E-state index >= 15 is 0 Å². The number of hydrogen-bond donors (Lipinski definition) is 0. The van der Waals surface area contributed by atoms with Crippen molar-refractivity contribution in [2.45, 2.75) is 34.1 Å². The minimum atomic E-state index is 0.776. The summed E-state index contributed by atoms with van der Waals surface area (Å²) in [4.78, 5) is 0. The number of rotatable bonds is 6. The summed E-state index contributed by atoms with van der Waals surface area (Å²) in [6.07, 6.45) is 3.35. The Morgan fingerprint density at radius 3 is 1.92 bits per heavy atom. The zero-order valence-corrected chi connectivity index (χ0v) is 10.6. The molecule has 0 radical (unpaired) electrons. The molecular weight excluding hydrogens is 176 g/mol. The van der Waals surface area contributed by atoms with Gasteiger partial charge in [-0.1, -0.05) is 39.8 Å². The molecule has 0 unspecified atom stereocenters. The Bertz CT molecular complexity index is 139. The highest BCUT2D eigenvalue weighted by molar-refractivity contribution is 7.98. The van der Waals surface area contributed by atoms with E-state index in [9.17, 15) is 0 Å². The van der Waals surface area contributed by atoms with Gasteiger partial charge in [0.15, 0.2) is 0 Å². The van der Waals surface area contributed by atoms with Crippen LogP contribution in [0.3, 0.4) is 0 Å². The maximum atomic E-state index is 4.13. The van der Waals surface area contributed by atoms with E-state index in [2.05, 4.69) is 40.5 Å². The van der Waals surface area contributed by atoms with E-state index < -0.39 is 0 Å². The molecule has 0 aromatic carbocycles. The van der Waals surface area contributed by atoms with Crippen LogP contribution < -0.4 is 0 Å². The maximum absolute atomic E-state index is 4.13. The topological polar surface area (TPSA) is 0 Å². The second-order valence-corrected chi connectivity index (χ2v) is 5.41. The van der Waals surface area contributed by atoms with E-state index in [1.54, 1.807) is 0 Å². The lowest BCUT2D eigenvalue weighted by molar-refractivity contribution is 0.286. The zero-order chi connectivity index (χ0) is 10.4. The lowest BCUT2D eigenvalue weighted by Gasteiger charge is -2.25. The SMILES string of the molecule is C=C(CSC)CC(C(C)C)C(C)C. The highest BCUT2D eigenvalue weighted by Gasteiger charge is 2.17. The first-order valence-corrected chi connectivity index (χ1v) is 6.54. The van der Waals surface area contributed by atoms with Crippen molar-refractivity contribution in [2.24, 2.45) is 17.8 Å². The van der Waals surface area contributed by atoms with Gasteiger partial charge in [0.25, 0.3) is 0 Å². The molecule has 0 saturated carbocycles. The second-order valence-electron chi connectivity index (χ2n) is 4.54. The van der Waals surface area contributed by atoms with Gasteiger partial charge in [0.1, 0.15) is 0 Å². The second kappa shape index (κ2) is 6.53. The summed E-state index contributed by atoms with van der Waals surface area (Å²) in [6, 6.07) is 0. The Balaban J connectivity index is 4.02. The lowest BCUT2D eigenvalue weighted by Crippen LogP contribution is -2.16. The van der Waals surface area contributed by atoms with Crippen molar-refractivity contribution in [3.63, 3.8) is 0 Å². The van der Waals surface area contributed by atoms with Crippen LogP contribution in [0.5, 0.6) is 0 Å². The van der Waals surface area contributed by atoms with Crippen LogP contribution in [0.2, 0.25) is 0 Å². The molecule has 0 atom stereocenters. The summed E-state index contributed by atoms with van der Waals surface area (Å²) in [7, 11) is 0. The summed E-state index contributed by atoms with van der Waals surface area (Å²) in [6.45, 7) is 13.4. The molecule has 0 aliphatic heterocycles. The predicted molar refractivity (Wildman–Crippen MR) is 65.3 cm³/mol. The lowest BCUT2D eigenvalue weighted by atomic mass is 9.81. The van der Waals surface area contributed by atoms with Gasteiger partial charge < -0.3 is 0 Å². The van der Waals surface area contributed by atoms with E-state index in [0.717, 1.165) is 23.5 Å². The van der Waals surface area contributed by atoms with E-state index in [1.807, 2.05) is 11.8 Å². The first-order chi connectivity index (χ1) is 5.99. The van der Waals surface area contributed by atoms with Gasteiger partial charge in [-0.2, -0.15) is 11.8 Å². The van der Waals surface area contributed by atoms with Gasteiger partial charge in [0, 0.05) is 5.75 Å². The first kappa shape index (κ1) is 13.1. The molecule has 0 heterocycles. The minimum Gasteiger partial charge on any atom is -0.161 e. The van der Waals surface area contributed by atoms with Crippen LogP contribution in [0, 0.1) is 17.8 Å². The molecule has 0 aromatic rings. The summed E-state index contributed by atoms with van der Waals surface area (Å²) < 4.78 is 0.